The molecule has 0 saturated heterocycles. The van der Waals surface area contributed by atoms with E-state index in [1.165, 1.54) is 35.6 Å². The molecule has 1 heterocycles. The minimum Gasteiger partial charge on any atom is -0.492 e. The number of hydrogen-bond donors (Lipinski definition) is 1. The van der Waals surface area contributed by atoms with Crippen LogP contribution in [0.5, 0.6) is 5.75 Å². The van der Waals surface area contributed by atoms with E-state index in [-0.39, 0.29) is 23.3 Å². The van der Waals surface area contributed by atoms with Gasteiger partial charge in [-0.1, -0.05) is 22.9 Å². The van der Waals surface area contributed by atoms with Crippen LogP contribution in [0.15, 0.2) is 42.5 Å². The van der Waals surface area contributed by atoms with E-state index in [0.717, 1.165) is 4.70 Å². The van der Waals surface area contributed by atoms with E-state index in [0.29, 0.717) is 16.3 Å². The summed E-state index contributed by atoms with van der Waals surface area (Å²) in [7, 11) is -3.60. The van der Waals surface area contributed by atoms with Crippen LogP contribution in [0.1, 0.15) is 0 Å². The summed E-state index contributed by atoms with van der Waals surface area (Å²) in [5, 5.41) is 0.835. The molecule has 0 saturated carbocycles. The van der Waals surface area contributed by atoms with Crippen molar-refractivity contribution in [2.75, 3.05) is 17.1 Å². The molecule has 1 N–H and O–H groups in total. The second-order valence-corrected chi connectivity index (χ2v) is 8.16. The number of nitrogens with one attached hydrogen (secondary N) is 1. The van der Waals surface area contributed by atoms with Crippen molar-refractivity contribution >= 4 is 48.3 Å². The topological polar surface area (TPSA) is 68.3 Å². The van der Waals surface area contributed by atoms with Gasteiger partial charge in [0.25, 0.3) is 0 Å². The molecule has 0 unspecified atom stereocenters. The second-order valence-electron chi connectivity index (χ2n) is 4.85. The van der Waals surface area contributed by atoms with E-state index >= 15 is 0 Å². The monoisotopic (exact) mass is 386 g/mol. The molecule has 0 amide bonds. The Morgan fingerprint density at radius 3 is 2.71 bits per heavy atom. The van der Waals surface area contributed by atoms with E-state index in [2.05, 4.69) is 9.71 Å². The van der Waals surface area contributed by atoms with E-state index in [9.17, 15) is 12.8 Å². The third-order valence-corrected chi connectivity index (χ3v) is 5.53. The second kappa shape index (κ2) is 6.92. The number of aromatic nitrogens is 1. The molecule has 0 bridgehead atoms. The molecule has 9 heteroatoms. The Kier molecular flexibility index (Phi) is 4.88. The number of thiazole rings is 1. The molecule has 24 heavy (non-hydrogen) atoms. The molecule has 126 valence electrons. The summed E-state index contributed by atoms with van der Waals surface area (Å²) >= 11 is 7.10. The first kappa shape index (κ1) is 16.9. The summed E-state index contributed by atoms with van der Waals surface area (Å²) < 4.78 is 45.4. The maximum Gasteiger partial charge on any atom is 0.237 e. The number of halogens is 2. The number of nitrogens with zero attached hydrogens (tertiary/aromatic N) is 1. The van der Waals surface area contributed by atoms with Crippen molar-refractivity contribution in [3.63, 3.8) is 0 Å². The number of sulfonamides is 1. The third kappa shape index (κ3) is 4.34. The van der Waals surface area contributed by atoms with Gasteiger partial charge in [-0.3, -0.25) is 4.72 Å². The predicted octanol–water partition coefficient (Wildman–Crippen LogP) is 3.91. The fourth-order valence-corrected chi connectivity index (χ4v) is 4.18. The zero-order chi connectivity index (χ0) is 17.2. The number of ether oxygens (including phenoxy) is 1. The van der Waals surface area contributed by atoms with Crippen LogP contribution in [0.3, 0.4) is 0 Å². The van der Waals surface area contributed by atoms with Gasteiger partial charge in [0.1, 0.15) is 23.9 Å². The molecule has 0 spiro atoms. The van der Waals surface area contributed by atoms with Crippen LogP contribution in [0, 0.1) is 5.82 Å². The minimum atomic E-state index is -3.60. The van der Waals surface area contributed by atoms with Gasteiger partial charge in [0.2, 0.25) is 10.0 Å². The largest absolute Gasteiger partial charge is 0.492 e. The number of fused-ring (bicyclic) bond motifs is 1. The lowest BCUT2D eigenvalue weighted by molar-refractivity contribution is 0.340. The van der Waals surface area contributed by atoms with Gasteiger partial charge in [0.05, 0.1) is 10.2 Å². The Bertz CT molecular complexity index is 959. The highest BCUT2D eigenvalue weighted by molar-refractivity contribution is 7.92. The quantitative estimate of drug-likeness (QED) is 0.697. The molecule has 0 fully saturated rings. The van der Waals surface area contributed by atoms with Gasteiger partial charge < -0.3 is 4.74 Å². The predicted molar refractivity (Wildman–Crippen MR) is 93.9 cm³/mol. The van der Waals surface area contributed by atoms with Gasteiger partial charge in [-0.15, -0.1) is 0 Å². The van der Waals surface area contributed by atoms with Gasteiger partial charge >= 0.3 is 0 Å². The summed E-state index contributed by atoms with van der Waals surface area (Å²) in [6, 6.07) is 10.5. The molecule has 1 aromatic heterocycles. The zero-order valence-electron chi connectivity index (χ0n) is 12.2. The highest BCUT2D eigenvalue weighted by atomic mass is 35.5. The van der Waals surface area contributed by atoms with Crippen LogP contribution < -0.4 is 9.46 Å². The van der Waals surface area contributed by atoms with Crippen molar-refractivity contribution in [2.45, 2.75) is 0 Å². The van der Waals surface area contributed by atoms with Crippen molar-refractivity contribution in [2.24, 2.45) is 0 Å². The third-order valence-electron chi connectivity index (χ3n) is 3.03. The Balaban J connectivity index is 1.61. The summed E-state index contributed by atoms with van der Waals surface area (Å²) in [6.07, 6.45) is 0. The highest BCUT2D eigenvalue weighted by Crippen LogP contribution is 2.28. The van der Waals surface area contributed by atoms with Crippen LogP contribution in [0.4, 0.5) is 9.52 Å². The smallest absolute Gasteiger partial charge is 0.237 e. The maximum atomic E-state index is 12.8. The van der Waals surface area contributed by atoms with E-state index in [1.54, 1.807) is 18.2 Å². The first-order chi connectivity index (χ1) is 11.4. The molecule has 2 aromatic carbocycles. The first-order valence-electron chi connectivity index (χ1n) is 6.86. The number of hydrogen-bond acceptors (Lipinski definition) is 5. The van der Waals surface area contributed by atoms with Crippen molar-refractivity contribution < 1.29 is 17.5 Å². The van der Waals surface area contributed by atoms with Crippen molar-refractivity contribution in [3.8, 4) is 5.75 Å². The lowest BCUT2D eigenvalue weighted by atomic mass is 10.3. The lowest BCUT2D eigenvalue weighted by Gasteiger charge is -2.07. The molecule has 3 aromatic rings. The SMILES string of the molecule is O=S(=O)(CCOc1ccc(F)cc1)Nc1nc2ccc(Cl)cc2s1. The van der Waals surface area contributed by atoms with E-state index < -0.39 is 10.0 Å². The van der Waals surface area contributed by atoms with Gasteiger partial charge in [0, 0.05) is 5.02 Å². The van der Waals surface area contributed by atoms with Crippen LogP contribution in [-0.2, 0) is 10.0 Å². The zero-order valence-corrected chi connectivity index (χ0v) is 14.6. The Hall–Kier alpha value is -1.90. The Morgan fingerprint density at radius 1 is 1.21 bits per heavy atom. The normalized spacial score (nSPS) is 11.6. The van der Waals surface area contributed by atoms with Crippen molar-refractivity contribution in [1.82, 2.24) is 4.98 Å². The Morgan fingerprint density at radius 2 is 1.96 bits per heavy atom. The minimum absolute atomic E-state index is 0.0578. The van der Waals surface area contributed by atoms with Gasteiger partial charge in [-0.05, 0) is 42.5 Å². The standard InChI is InChI=1S/C15H12ClFN2O3S2/c16-10-1-6-13-14(9-10)23-15(18-13)19-24(20,21)8-7-22-12-4-2-11(17)3-5-12/h1-6,9H,7-8H2,(H,18,19). The first-order valence-corrected chi connectivity index (χ1v) is 9.71. The number of benzene rings is 2. The van der Waals surface area contributed by atoms with E-state index in [1.807, 2.05) is 0 Å². The lowest BCUT2D eigenvalue weighted by Crippen LogP contribution is -2.21. The number of rotatable bonds is 6. The molecule has 0 radical (unpaired) electrons. The molecule has 0 aliphatic heterocycles. The highest BCUT2D eigenvalue weighted by Gasteiger charge is 2.14. The average molecular weight is 387 g/mol. The van der Waals surface area contributed by atoms with Crippen LogP contribution in [-0.4, -0.2) is 25.8 Å². The van der Waals surface area contributed by atoms with Gasteiger partial charge in [-0.2, -0.15) is 0 Å². The molecule has 0 atom stereocenters. The molecular weight excluding hydrogens is 375 g/mol. The summed E-state index contributed by atoms with van der Waals surface area (Å²) in [5.41, 5.74) is 0.671. The van der Waals surface area contributed by atoms with Gasteiger partial charge in [0.15, 0.2) is 5.13 Å². The van der Waals surface area contributed by atoms with Crippen LogP contribution in [0.2, 0.25) is 5.02 Å². The van der Waals surface area contributed by atoms with Gasteiger partial charge in [-0.25, -0.2) is 17.8 Å². The molecule has 3 rings (SSSR count). The molecule has 5 nitrogen and oxygen atoms in total. The Labute approximate surface area is 147 Å². The number of anilines is 1. The maximum absolute atomic E-state index is 12.8. The van der Waals surface area contributed by atoms with Crippen LogP contribution >= 0.6 is 22.9 Å². The average Bonchev–Trinajstić information content (AvgIpc) is 2.89. The van der Waals surface area contributed by atoms with Crippen LogP contribution in [0.25, 0.3) is 10.2 Å². The summed E-state index contributed by atoms with van der Waals surface area (Å²) in [4.78, 5) is 4.20. The van der Waals surface area contributed by atoms with Crippen molar-refractivity contribution in [1.29, 1.82) is 0 Å². The fraction of sp³-hybridized carbons (Fsp3) is 0.133. The fourth-order valence-electron chi connectivity index (χ4n) is 1.93. The summed E-state index contributed by atoms with van der Waals surface area (Å²) in [6.45, 7) is -0.0578. The summed E-state index contributed by atoms with van der Waals surface area (Å²) in [5.74, 6) is -0.227. The van der Waals surface area contributed by atoms with Crippen molar-refractivity contribution in [3.05, 3.63) is 53.3 Å². The molecule has 0 aliphatic rings. The molecule has 0 aliphatic carbocycles. The molecular formula is C15H12ClFN2O3S2. The van der Waals surface area contributed by atoms with E-state index in [4.69, 9.17) is 16.3 Å².